The highest BCUT2D eigenvalue weighted by Crippen LogP contribution is 2.33. The molecule has 2 heterocycles. The number of rotatable bonds is 5. The maximum absolute atomic E-state index is 12.8. The van der Waals surface area contributed by atoms with Gasteiger partial charge in [-0.3, -0.25) is 9.59 Å². The zero-order valence-corrected chi connectivity index (χ0v) is 20.1. The molecule has 0 radical (unpaired) electrons. The first-order valence-electron chi connectivity index (χ1n) is 11.0. The number of carbonyl (C=O) groups is 2. The van der Waals surface area contributed by atoms with E-state index in [4.69, 9.17) is 11.6 Å². The van der Waals surface area contributed by atoms with Crippen molar-refractivity contribution in [3.05, 3.63) is 58.2 Å². The Balaban J connectivity index is 1.46. The second kappa shape index (κ2) is 10.2. The molecule has 0 unspecified atom stereocenters. The maximum atomic E-state index is 12.8. The van der Waals surface area contributed by atoms with E-state index in [1.807, 2.05) is 12.1 Å². The number of anilines is 1. The van der Waals surface area contributed by atoms with Crippen molar-refractivity contribution in [1.29, 1.82) is 0 Å². The number of alkyl halides is 3. The summed E-state index contributed by atoms with van der Waals surface area (Å²) in [5.41, 5.74) is 0.766. The van der Waals surface area contributed by atoms with Gasteiger partial charge >= 0.3 is 6.18 Å². The molecule has 3 rings (SSSR count). The van der Waals surface area contributed by atoms with Crippen LogP contribution in [0.3, 0.4) is 0 Å². The molecule has 2 amide bonds. The van der Waals surface area contributed by atoms with E-state index in [0.717, 1.165) is 17.8 Å². The van der Waals surface area contributed by atoms with E-state index in [0.29, 0.717) is 31.7 Å². The van der Waals surface area contributed by atoms with Gasteiger partial charge in [0.2, 0.25) is 5.91 Å². The van der Waals surface area contributed by atoms with Gasteiger partial charge in [-0.1, -0.05) is 44.5 Å². The molecule has 0 aliphatic carbocycles. The number of hydrogen-bond donors (Lipinski definition) is 1. The fraction of sp³-hybridized carbons (Fsp3) is 0.458. The molecule has 1 aromatic heterocycles. The monoisotopic (exact) mass is 496 g/mol. The summed E-state index contributed by atoms with van der Waals surface area (Å²) in [7, 11) is 0. The van der Waals surface area contributed by atoms with Crippen molar-refractivity contribution in [2.24, 2.45) is 0 Å². The Morgan fingerprint density at radius 2 is 1.65 bits per heavy atom. The minimum Gasteiger partial charge on any atom is -0.352 e. The van der Waals surface area contributed by atoms with Gasteiger partial charge in [-0.05, 0) is 29.2 Å². The summed E-state index contributed by atoms with van der Waals surface area (Å²) in [6, 6.07) is 8.27. The molecule has 1 saturated heterocycles. The number of nitrogens with one attached hydrogen (secondary N) is 1. The molecule has 34 heavy (non-hydrogen) atoms. The van der Waals surface area contributed by atoms with E-state index in [2.05, 4.69) is 31.1 Å². The van der Waals surface area contributed by atoms with Crippen molar-refractivity contribution >= 4 is 29.2 Å². The molecule has 1 aliphatic heterocycles. The highest BCUT2D eigenvalue weighted by atomic mass is 35.5. The molecule has 1 aliphatic rings. The zero-order chi connectivity index (χ0) is 25.1. The molecule has 1 fully saturated rings. The van der Waals surface area contributed by atoms with Crippen molar-refractivity contribution in [1.82, 2.24) is 15.2 Å². The van der Waals surface area contributed by atoms with Crippen molar-refractivity contribution in [3.63, 3.8) is 0 Å². The van der Waals surface area contributed by atoms with Crippen molar-refractivity contribution in [2.45, 2.75) is 38.8 Å². The molecule has 0 saturated carbocycles. The predicted molar refractivity (Wildman–Crippen MR) is 125 cm³/mol. The summed E-state index contributed by atoms with van der Waals surface area (Å²) in [6.07, 6.45) is -3.59. The SMILES string of the molecule is CC(C)(C)c1ccc(C(=O)NCCC(=O)N2CCN(c3ncc(C(F)(F)F)cc3Cl)CC2)cc1. The van der Waals surface area contributed by atoms with E-state index < -0.39 is 11.7 Å². The average molecular weight is 497 g/mol. The van der Waals surface area contributed by atoms with E-state index in [1.54, 1.807) is 21.9 Å². The van der Waals surface area contributed by atoms with Crippen molar-refractivity contribution < 1.29 is 22.8 Å². The third kappa shape index (κ3) is 6.40. The Labute approximate surface area is 202 Å². The zero-order valence-electron chi connectivity index (χ0n) is 19.4. The minimum atomic E-state index is -4.51. The smallest absolute Gasteiger partial charge is 0.352 e. The van der Waals surface area contributed by atoms with E-state index >= 15 is 0 Å². The van der Waals surface area contributed by atoms with Crippen LogP contribution in [0.4, 0.5) is 19.0 Å². The number of benzene rings is 1. The maximum Gasteiger partial charge on any atom is 0.417 e. The molecular weight excluding hydrogens is 469 g/mol. The number of nitrogens with zero attached hydrogens (tertiary/aromatic N) is 3. The van der Waals surface area contributed by atoms with Crippen LogP contribution >= 0.6 is 11.6 Å². The van der Waals surface area contributed by atoms with E-state index in [9.17, 15) is 22.8 Å². The highest BCUT2D eigenvalue weighted by molar-refractivity contribution is 6.33. The second-order valence-electron chi connectivity index (χ2n) is 9.23. The molecule has 2 aromatic rings. The molecule has 184 valence electrons. The summed E-state index contributed by atoms with van der Waals surface area (Å²) in [5, 5.41) is 2.69. The van der Waals surface area contributed by atoms with Crippen LogP contribution in [0, 0.1) is 0 Å². The number of carbonyl (C=O) groups excluding carboxylic acids is 2. The number of hydrogen-bond acceptors (Lipinski definition) is 4. The quantitative estimate of drug-likeness (QED) is 0.661. The lowest BCUT2D eigenvalue weighted by Crippen LogP contribution is -2.49. The van der Waals surface area contributed by atoms with Gasteiger partial charge in [0, 0.05) is 50.9 Å². The molecule has 1 N–H and O–H groups in total. The Kier molecular flexibility index (Phi) is 7.75. The number of pyridine rings is 1. The van der Waals surface area contributed by atoms with Crippen LogP contribution in [0.25, 0.3) is 0 Å². The normalized spacial score (nSPS) is 14.8. The lowest BCUT2D eigenvalue weighted by atomic mass is 9.87. The first kappa shape index (κ1) is 25.8. The topological polar surface area (TPSA) is 65.5 Å². The number of amides is 2. The van der Waals surface area contributed by atoms with Gasteiger partial charge in [-0.2, -0.15) is 13.2 Å². The third-order valence-electron chi connectivity index (χ3n) is 5.72. The molecular formula is C24H28ClF3N4O2. The van der Waals surface area contributed by atoms with Gasteiger partial charge in [-0.15, -0.1) is 0 Å². The summed E-state index contributed by atoms with van der Waals surface area (Å²) in [5.74, 6) is -0.0675. The molecule has 0 spiro atoms. The summed E-state index contributed by atoms with van der Waals surface area (Å²) in [4.78, 5) is 32.2. The first-order chi connectivity index (χ1) is 15.9. The Morgan fingerprint density at radius 3 is 2.18 bits per heavy atom. The van der Waals surface area contributed by atoms with Gasteiger partial charge < -0.3 is 15.1 Å². The van der Waals surface area contributed by atoms with Crippen molar-refractivity contribution in [2.75, 3.05) is 37.6 Å². The summed E-state index contributed by atoms with van der Waals surface area (Å²) < 4.78 is 38.4. The van der Waals surface area contributed by atoms with Crippen LogP contribution in [0.5, 0.6) is 0 Å². The molecule has 0 atom stereocenters. The number of halogens is 4. The summed E-state index contributed by atoms with van der Waals surface area (Å²) >= 11 is 6.02. The fourth-order valence-corrected chi connectivity index (χ4v) is 3.94. The van der Waals surface area contributed by atoms with E-state index in [-0.39, 0.29) is 41.0 Å². The standard InChI is InChI=1S/C24H28ClF3N4O2/c1-23(2,3)17-6-4-16(5-7-17)22(34)29-9-8-20(33)31-10-12-32(13-11-31)21-19(25)14-18(15-30-21)24(26,27)28/h4-7,14-15H,8-13H2,1-3H3,(H,29,34). The van der Waals surface area contributed by atoms with Gasteiger partial charge in [-0.25, -0.2) is 4.98 Å². The Morgan fingerprint density at radius 1 is 1.03 bits per heavy atom. The molecule has 1 aromatic carbocycles. The minimum absolute atomic E-state index is 0.000634. The van der Waals surface area contributed by atoms with E-state index in [1.165, 1.54) is 0 Å². The van der Waals surface area contributed by atoms with Crippen LogP contribution in [-0.2, 0) is 16.4 Å². The van der Waals surface area contributed by atoms with Crippen molar-refractivity contribution in [3.8, 4) is 0 Å². The summed E-state index contributed by atoms with van der Waals surface area (Å²) in [6.45, 7) is 8.09. The van der Waals surface area contributed by atoms with Gasteiger partial charge in [0.05, 0.1) is 10.6 Å². The van der Waals surface area contributed by atoms with Gasteiger partial charge in [0.15, 0.2) is 0 Å². The molecule has 10 heteroatoms. The Hall–Kier alpha value is -2.81. The molecule has 0 bridgehead atoms. The van der Waals surface area contributed by atoms with Crippen LogP contribution in [-0.4, -0.2) is 54.4 Å². The predicted octanol–water partition coefficient (Wildman–Crippen LogP) is 4.52. The van der Waals surface area contributed by atoms with Gasteiger partial charge in [0.1, 0.15) is 5.82 Å². The van der Waals surface area contributed by atoms with Crippen LogP contribution in [0.15, 0.2) is 36.5 Å². The van der Waals surface area contributed by atoms with Gasteiger partial charge in [0.25, 0.3) is 5.91 Å². The van der Waals surface area contributed by atoms with Crippen LogP contribution in [0.1, 0.15) is 48.7 Å². The highest BCUT2D eigenvalue weighted by Gasteiger charge is 2.32. The number of aromatic nitrogens is 1. The average Bonchev–Trinajstić information content (AvgIpc) is 2.78. The lowest BCUT2D eigenvalue weighted by molar-refractivity contribution is -0.137. The number of piperazine rings is 1. The first-order valence-corrected chi connectivity index (χ1v) is 11.4. The van der Waals surface area contributed by atoms with Crippen LogP contribution < -0.4 is 10.2 Å². The van der Waals surface area contributed by atoms with Crippen LogP contribution in [0.2, 0.25) is 5.02 Å². The molecule has 6 nitrogen and oxygen atoms in total. The lowest BCUT2D eigenvalue weighted by Gasteiger charge is -2.36. The fourth-order valence-electron chi connectivity index (χ4n) is 3.65. The Bertz CT molecular complexity index is 1030. The second-order valence-corrected chi connectivity index (χ2v) is 9.64. The largest absolute Gasteiger partial charge is 0.417 e. The third-order valence-corrected chi connectivity index (χ3v) is 6.00.